The van der Waals surface area contributed by atoms with Crippen molar-refractivity contribution < 1.29 is 48.5 Å². The normalized spacial score (nSPS) is 16.5. The average molecular weight is 562 g/mol. The van der Waals surface area contributed by atoms with Crippen LogP contribution in [0.25, 0.3) is 0 Å². The Bertz CT molecular complexity index is 1830. The minimum absolute atomic E-state index is 0.171. The van der Waals surface area contributed by atoms with Crippen LogP contribution in [0.5, 0.6) is 11.5 Å². The van der Waals surface area contributed by atoms with Crippen molar-refractivity contribution in [3.8, 4) is 11.5 Å². The molecule has 10 heteroatoms. The lowest BCUT2D eigenvalue weighted by Gasteiger charge is -2.27. The zero-order valence-corrected chi connectivity index (χ0v) is 21.9. The molecule has 0 saturated heterocycles. The number of Topliss-reactive ketones (excluding diaryl/α,β-unsaturated/α-hetero) is 6. The van der Waals surface area contributed by atoms with Gasteiger partial charge in [-0.3, -0.25) is 28.8 Å². The molecule has 0 saturated carbocycles. The minimum atomic E-state index is -1.14. The third-order valence-electron chi connectivity index (χ3n) is 7.41. The number of aliphatic hydroxyl groups is 2. The van der Waals surface area contributed by atoms with Crippen LogP contribution in [0.15, 0.2) is 94.5 Å². The van der Waals surface area contributed by atoms with E-state index in [1.54, 1.807) is 0 Å². The van der Waals surface area contributed by atoms with Gasteiger partial charge in [0.15, 0.2) is 34.7 Å². The number of carbonyl (C=O) groups is 6. The molecule has 42 heavy (non-hydrogen) atoms. The van der Waals surface area contributed by atoms with E-state index in [-0.39, 0.29) is 44.9 Å². The fraction of sp³-hybridized carbons (Fsp3) is 0.0625. The number of rotatable bonds is 4. The molecule has 3 aromatic rings. The number of aliphatic hydroxyl groups excluding tert-OH is 2. The molecule has 0 radical (unpaired) electrons. The Morgan fingerprint density at radius 3 is 1.12 bits per heavy atom. The van der Waals surface area contributed by atoms with Crippen LogP contribution in [0.3, 0.4) is 0 Å². The summed E-state index contributed by atoms with van der Waals surface area (Å²) in [6.45, 7) is 0. The largest absolute Gasteiger partial charge is 0.504 e. The second-order valence-corrected chi connectivity index (χ2v) is 9.54. The smallest absolute Gasteiger partial charge is 0.228 e. The molecule has 206 valence electrons. The van der Waals surface area contributed by atoms with Crippen molar-refractivity contribution in [3.05, 3.63) is 128 Å². The van der Waals surface area contributed by atoms with Gasteiger partial charge in [-0.2, -0.15) is 0 Å². The minimum Gasteiger partial charge on any atom is -0.504 e. The second kappa shape index (κ2) is 9.34. The third-order valence-corrected chi connectivity index (χ3v) is 7.41. The highest BCUT2D eigenvalue weighted by atomic mass is 16.5. The van der Waals surface area contributed by atoms with E-state index in [9.17, 15) is 39.0 Å². The fourth-order valence-corrected chi connectivity index (χ4v) is 5.36. The van der Waals surface area contributed by atoms with Crippen LogP contribution in [0.1, 0.15) is 62.1 Å². The topological polar surface area (TPSA) is 161 Å². The second-order valence-electron chi connectivity index (χ2n) is 9.54. The number of allylic oxidation sites excluding steroid dienone is 6. The molecule has 0 aromatic heterocycles. The van der Waals surface area contributed by atoms with Crippen molar-refractivity contribution in [2.75, 3.05) is 14.2 Å². The molecule has 0 aliphatic heterocycles. The number of hydrogen-bond acceptors (Lipinski definition) is 10. The molecule has 10 nitrogen and oxygen atoms in total. The molecule has 0 bridgehead atoms. The van der Waals surface area contributed by atoms with E-state index in [1.165, 1.54) is 74.9 Å². The van der Waals surface area contributed by atoms with Gasteiger partial charge in [0.1, 0.15) is 11.5 Å². The number of fused-ring (bicyclic) bond motifs is 3. The molecular weight excluding hydrogens is 544 g/mol. The highest BCUT2D eigenvalue weighted by molar-refractivity contribution is 6.41. The first-order valence-electron chi connectivity index (χ1n) is 12.5. The van der Waals surface area contributed by atoms with Gasteiger partial charge in [-0.25, -0.2) is 0 Å². The fourth-order valence-electron chi connectivity index (χ4n) is 5.36. The molecule has 2 N–H and O–H groups in total. The number of methoxy groups -OCH3 is 2. The standard InChI is InChI=1S/C32H18O10/c1-41-13-7-9-17-19(11-13)27(35)23(31(39)29(17)37)21-22(26(34)16-6-4-3-5-15(16)25(21)33)24-28(36)20-12-14(42-2)8-10-18(20)30(38)32(24)40/h3-12,39-40H,1-2H3. The van der Waals surface area contributed by atoms with Crippen LogP contribution in [-0.4, -0.2) is 59.1 Å². The number of carbonyl (C=O) groups excluding carboxylic acids is 6. The van der Waals surface area contributed by atoms with Crippen molar-refractivity contribution in [2.45, 2.75) is 0 Å². The van der Waals surface area contributed by atoms with Crippen molar-refractivity contribution in [1.29, 1.82) is 0 Å². The van der Waals surface area contributed by atoms with E-state index in [0.717, 1.165) is 0 Å². The predicted octanol–water partition coefficient (Wildman–Crippen LogP) is 4.16. The van der Waals surface area contributed by atoms with Crippen LogP contribution in [0.2, 0.25) is 0 Å². The maximum atomic E-state index is 14.0. The Hall–Kier alpha value is -5.90. The van der Waals surface area contributed by atoms with E-state index < -0.39 is 68.5 Å². The molecule has 0 amide bonds. The monoisotopic (exact) mass is 562 g/mol. The molecule has 6 rings (SSSR count). The lowest BCUT2D eigenvalue weighted by atomic mass is 9.72. The molecule has 3 aliphatic carbocycles. The number of hydrogen-bond donors (Lipinski definition) is 2. The van der Waals surface area contributed by atoms with Crippen molar-refractivity contribution in [1.82, 2.24) is 0 Å². The van der Waals surface area contributed by atoms with Gasteiger partial charge in [0, 0.05) is 44.5 Å². The number of ketones is 6. The quantitative estimate of drug-likeness (QED) is 0.472. The maximum absolute atomic E-state index is 14.0. The first-order chi connectivity index (χ1) is 20.1. The summed E-state index contributed by atoms with van der Waals surface area (Å²) in [5.41, 5.74) is -4.42. The van der Waals surface area contributed by atoms with E-state index in [4.69, 9.17) is 9.47 Å². The van der Waals surface area contributed by atoms with Gasteiger partial charge in [0.05, 0.1) is 25.4 Å². The van der Waals surface area contributed by atoms with E-state index in [1.807, 2.05) is 0 Å². The Labute approximate surface area is 236 Å². The molecule has 0 fully saturated rings. The summed E-state index contributed by atoms with van der Waals surface area (Å²) in [5.74, 6) is -7.90. The van der Waals surface area contributed by atoms with Crippen molar-refractivity contribution >= 4 is 34.7 Å². The lowest BCUT2D eigenvalue weighted by molar-refractivity contribution is 0.0912. The van der Waals surface area contributed by atoms with Gasteiger partial charge in [-0.05, 0) is 36.4 Å². The first-order valence-corrected chi connectivity index (χ1v) is 12.5. The van der Waals surface area contributed by atoms with Gasteiger partial charge >= 0.3 is 0 Å². The predicted molar refractivity (Wildman–Crippen MR) is 145 cm³/mol. The molecule has 0 heterocycles. The zero-order chi connectivity index (χ0) is 30.0. The zero-order valence-electron chi connectivity index (χ0n) is 21.9. The molecule has 0 atom stereocenters. The molecule has 0 spiro atoms. The van der Waals surface area contributed by atoms with E-state index >= 15 is 0 Å². The summed E-state index contributed by atoms with van der Waals surface area (Å²) in [7, 11) is 2.67. The van der Waals surface area contributed by atoms with Crippen LogP contribution < -0.4 is 9.47 Å². The van der Waals surface area contributed by atoms with Crippen molar-refractivity contribution in [2.24, 2.45) is 0 Å². The Balaban J connectivity index is 1.69. The van der Waals surface area contributed by atoms with Crippen molar-refractivity contribution in [3.63, 3.8) is 0 Å². The lowest BCUT2D eigenvalue weighted by Crippen LogP contribution is -2.33. The SMILES string of the molecule is COc1ccc2c(c1)C(=O)C(C1=C(C3=C(O)C(=O)c4ccc(OC)cc4C3=O)C(=O)c3ccccc3C1=O)=C(O)C2=O. The summed E-state index contributed by atoms with van der Waals surface area (Å²) < 4.78 is 10.3. The first kappa shape index (κ1) is 26.3. The molecule has 3 aromatic carbocycles. The molecular formula is C32H18O10. The third kappa shape index (κ3) is 3.51. The highest BCUT2D eigenvalue weighted by Crippen LogP contribution is 2.42. The Morgan fingerprint density at radius 1 is 0.429 bits per heavy atom. The van der Waals surface area contributed by atoms with Crippen LogP contribution >= 0.6 is 0 Å². The Morgan fingerprint density at radius 2 is 0.762 bits per heavy atom. The van der Waals surface area contributed by atoms with Gasteiger partial charge < -0.3 is 19.7 Å². The Kier molecular flexibility index (Phi) is 5.86. The van der Waals surface area contributed by atoms with Gasteiger partial charge in [-0.15, -0.1) is 0 Å². The van der Waals surface area contributed by atoms with Crippen LogP contribution in [-0.2, 0) is 0 Å². The summed E-state index contributed by atoms with van der Waals surface area (Å²) in [6, 6.07) is 13.3. The van der Waals surface area contributed by atoms with Crippen LogP contribution in [0.4, 0.5) is 0 Å². The summed E-state index contributed by atoms with van der Waals surface area (Å²) in [5, 5.41) is 22.1. The molecule has 3 aliphatic rings. The van der Waals surface area contributed by atoms with E-state index in [0.29, 0.717) is 0 Å². The summed E-state index contributed by atoms with van der Waals surface area (Å²) >= 11 is 0. The van der Waals surface area contributed by atoms with Gasteiger partial charge in [0.25, 0.3) is 0 Å². The van der Waals surface area contributed by atoms with E-state index in [2.05, 4.69) is 0 Å². The average Bonchev–Trinajstić information content (AvgIpc) is 3.01. The summed E-state index contributed by atoms with van der Waals surface area (Å²) in [6.07, 6.45) is 0. The molecule has 0 unspecified atom stereocenters. The number of benzene rings is 3. The summed E-state index contributed by atoms with van der Waals surface area (Å²) in [4.78, 5) is 82.3. The van der Waals surface area contributed by atoms with Gasteiger partial charge in [0.2, 0.25) is 11.6 Å². The number of ether oxygens (including phenoxy) is 2. The van der Waals surface area contributed by atoms with Crippen LogP contribution in [0, 0.1) is 0 Å². The van der Waals surface area contributed by atoms with Gasteiger partial charge in [-0.1, -0.05) is 24.3 Å². The highest BCUT2D eigenvalue weighted by Gasteiger charge is 2.46. The maximum Gasteiger partial charge on any atom is 0.228 e.